The predicted molar refractivity (Wildman–Crippen MR) is 88.1 cm³/mol. The van der Waals surface area contributed by atoms with Crippen LogP contribution in [-0.4, -0.2) is 18.6 Å². The van der Waals surface area contributed by atoms with E-state index in [-0.39, 0.29) is 5.82 Å². The van der Waals surface area contributed by atoms with Crippen molar-refractivity contribution in [2.75, 3.05) is 11.4 Å². The van der Waals surface area contributed by atoms with Gasteiger partial charge in [0.25, 0.3) is 0 Å². The van der Waals surface area contributed by atoms with Crippen LogP contribution in [0.5, 0.6) is 0 Å². The standard InChI is InChI=1S/C18H29FN2/c1-12(2)20-10-16-6-7-18(17(19)9-16)21-11-13(3)8-14(4)15(21)5/h6-7,9,12-15,20H,8,10-11H2,1-5H3. The van der Waals surface area contributed by atoms with Crippen LogP contribution in [0.2, 0.25) is 0 Å². The molecule has 118 valence electrons. The average molecular weight is 292 g/mol. The van der Waals surface area contributed by atoms with Gasteiger partial charge in [-0.25, -0.2) is 4.39 Å². The molecule has 1 aliphatic rings. The number of anilines is 1. The summed E-state index contributed by atoms with van der Waals surface area (Å²) in [5, 5.41) is 3.33. The molecule has 0 bridgehead atoms. The summed E-state index contributed by atoms with van der Waals surface area (Å²) in [6.45, 7) is 12.6. The summed E-state index contributed by atoms with van der Waals surface area (Å²) in [4.78, 5) is 2.24. The zero-order valence-corrected chi connectivity index (χ0v) is 14.0. The molecule has 0 aliphatic carbocycles. The molecule has 21 heavy (non-hydrogen) atoms. The number of hydrogen-bond donors (Lipinski definition) is 1. The minimum Gasteiger partial charge on any atom is -0.366 e. The maximum atomic E-state index is 14.5. The molecule has 1 aromatic rings. The number of benzene rings is 1. The highest BCUT2D eigenvalue weighted by Gasteiger charge is 2.30. The molecule has 3 heteroatoms. The maximum absolute atomic E-state index is 14.5. The minimum atomic E-state index is -0.0915. The predicted octanol–water partition coefficient (Wildman–Crippen LogP) is 4.19. The molecule has 3 unspecified atom stereocenters. The lowest BCUT2D eigenvalue weighted by molar-refractivity contribution is 0.295. The van der Waals surface area contributed by atoms with Crippen molar-refractivity contribution < 1.29 is 4.39 Å². The Morgan fingerprint density at radius 3 is 2.62 bits per heavy atom. The van der Waals surface area contributed by atoms with Gasteiger partial charge < -0.3 is 10.2 Å². The Labute approximate surface area is 128 Å². The Hall–Kier alpha value is -1.09. The van der Waals surface area contributed by atoms with Crippen LogP contribution in [0, 0.1) is 17.7 Å². The van der Waals surface area contributed by atoms with Crippen LogP contribution in [0.4, 0.5) is 10.1 Å². The molecule has 1 saturated heterocycles. The van der Waals surface area contributed by atoms with E-state index in [1.807, 2.05) is 12.1 Å². The van der Waals surface area contributed by atoms with E-state index in [1.54, 1.807) is 6.07 Å². The molecule has 0 spiro atoms. The number of rotatable bonds is 4. The van der Waals surface area contributed by atoms with E-state index < -0.39 is 0 Å². The van der Waals surface area contributed by atoms with Gasteiger partial charge in [-0.1, -0.05) is 33.8 Å². The van der Waals surface area contributed by atoms with Crippen LogP contribution in [0.25, 0.3) is 0 Å². The fourth-order valence-electron chi connectivity index (χ4n) is 3.25. The molecule has 1 N–H and O–H groups in total. The molecular formula is C18H29FN2. The Bertz CT molecular complexity index is 472. The Morgan fingerprint density at radius 1 is 1.29 bits per heavy atom. The van der Waals surface area contributed by atoms with Gasteiger partial charge in [-0.2, -0.15) is 0 Å². The molecule has 0 amide bonds. The first-order valence-corrected chi connectivity index (χ1v) is 8.17. The van der Waals surface area contributed by atoms with E-state index in [4.69, 9.17) is 0 Å². The van der Waals surface area contributed by atoms with Gasteiger partial charge in [-0.15, -0.1) is 0 Å². The van der Waals surface area contributed by atoms with E-state index >= 15 is 0 Å². The fraction of sp³-hybridized carbons (Fsp3) is 0.667. The lowest BCUT2D eigenvalue weighted by atomic mass is 9.85. The summed E-state index contributed by atoms with van der Waals surface area (Å²) in [6.07, 6.45) is 1.23. The summed E-state index contributed by atoms with van der Waals surface area (Å²) < 4.78 is 14.5. The Kier molecular flexibility index (Phi) is 5.26. The molecule has 0 radical (unpaired) electrons. The molecule has 0 aromatic heterocycles. The van der Waals surface area contributed by atoms with E-state index in [1.165, 1.54) is 6.42 Å². The first kappa shape index (κ1) is 16.3. The lowest BCUT2D eigenvalue weighted by Crippen LogP contribution is -2.46. The van der Waals surface area contributed by atoms with Gasteiger partial charge >= 0.3 is 0 Å². The van der Waals surface area contributed by atoms with Crippen LogP contribution >= 0.6 is 0 Å². The Morgan fingerprint density at radius 2 is 2.00 bits per heavy atom. The minimum absolute atomic E-state index is 0.0915. The topological polar surface area (TPSA) is 15.3 Å². The van der Waals surface area contributed by atoms with Gasteiger partial charge in [0.1, 0.15) is 5.82 Å². The second-order valence-electron chi connectivity index (χ2n) is 7.03. The SMILES string of the molecule is CC1CC(C)C(C)N(c2ccc(CNC(C)C)cc2F)C1. The second kappa shape index (κ2) is 6.78. The van der Waals surface area contributed by atoms with Crippen LogP contribution < -0.4 is 10.2 Å². The normalized spacial score (nSPS) is 26.4. The quantitative estimate of drug-likeness (QED) is 0.895. The van der Waals surface area contributed by atoms with Crippen LogP contribution in [0.3, 0.4) is 0 Å². The summed E-state index contributed by atoms with van der Waals surface area (Å²) in [5.74, 6) is 1.14. The zero-order chi connectivity index (χ0) is 15.6. The number of hydrogen-bond acceptors (Lipinski definition) is 2. The number of nitrogens with zero attached hydrogens (tertiary/aromatic N) is 1. The van der Waals surface area contributed by atoms with E-state index in [0.29, 0.717) is 23.9 Å². The van der Waals surface area contributed by atoms with Crippen LogP contribution in [0.15, 0.2) is 18.2 Å². The van der Waals surface area contributed by atoms with Crippen LogP contribution in [-0.2, 0) is 6.54 Å². The van der Waals surface area contributed by atoms with Gasteiger partial charge in [0, 0.05) is 25.2 Å². The monoisotopic (exact) mass is 292 g/mol. The molecule has 1 heterocycles. The lowest BCUT2D eigenvalue weighted by Gasteiger charge is -2.42. The highest BCUT2D eigenvalue weighted by molar-refractivity contribution is 5.50. The van der Waals surface area contributed by atoms with Crippen molar-refractivity contribution in [3.63, 3.8) is 0 Å². The largest absolute Gasteiger partial charge is 0.366 e. The summed E-state index contributed by atoms with van der Waals surface area (Å²) in [7, 11) is 0. The molecule has 2 nitrogen and oxygen atoms in total. The third kappa shape index (κ3) is 3.97. The van der Waals surface area contributed by atoms with Crippen LogP contribution in [0.1, 0.15) is 46.6 Å². The van der Waals surface area contributed by atoms with E-state index in [9.17, 15) is 4.39 Å². The fourth-order valence-corrected chi connectivity index (χ4v) is 3.25. The molecule has 0 saturated carbocycles. The number of piperidine rings is 1. The number of halogens is 1. The molecule has 3 atom stereocenters. The highest BCUT2D eigenvalue weighted by atomic mass is 19.1. The summed E-state index contributed by atoms with van der Waals surface area (Å²) in [5.41, 5.74) is 1.77. The van der Waals surface area contributed by atoms with Crippen molar-refractivity contribution in [2.45, 2.75) is 59.7 Å². The molecular weight excluding hydrogens is 263 g/mol. The summed E-state index contributed by atoms with van der Waals surface area (Å²) in [6, 6.07) is 6.49. The van der Waals surface area contributed by atoms with Gasteiger partial charge in [-0.05, 0) is 42.9 Å². The third-order valence-corrected chi connectivity index (χ3v) is 4.63. The van der Waals surface area contributed by atoms with Crippen molar-refractivity contribution >= 4 is 5.69 Å². The van der Waals surface area contributed by atoms with Gasteiger partial charge in [-0.3, -0.25) is 0 Å². The average Bonchev–Trinajstić information content (AvgIpc) is 2.41. The first-order chi connectivity index (χ1) is 9.88. The zero-order valence-electron chi connectivity index (χ0n) is 14.0. The summed E-state index contributed by atoms with van der Waals surface area (Å²) >= 11 is 0. The molecule has 1 aromatic carbocycles. The second-order valence-corrected chi connectivity index (χ2v) is 7.03. The van der Waals surface area contributed by atoms with Crippen molar-refractivity contribution in [3.8, 4) is 0 Å². The van der Waals surface area contributed by atoms with Crippen molar-refractivity contribution in [3.05, 3.63) is 29.6 Å². The van der Waals surface area contributed by atoms with Crippen molar-refractivity contribution in [1.29, 1.82) is 0 Å². The maximum Gasteiger partial charge on any atom is 0.146 e. The van der Waals surface area contributed by atoms with Crippen molar-refractivity contribution in [1.82, 2.24) is 5.32 Å². The molecule has 1 fully saturated rings. The Balaban J connectivity index is 2.16. The van der Waals surface area contributed by atoms with E-state index in [0.717, 1.165) is 24.3 Å². The first-order valence-electron chi connectivity index (χ1n) is 8.17. The van der Waals surface area contributed by atoms with E-state index in [2.05, 4.69) is 44.8 Å². The smallest absolute Gasteiger partial charge is 0.146 e. The molecule has 1 aliphatic heterocycles. The van der Waals surface area contributed by atoms with Gasteiger partial charge in [0.15, 0.2) is 0 Å². The molecule has 2 rings (SSSR count). The van der Waals surface area contributed by atoms with Gasteiger partial charge in [0.05, 0.1) is 5.69 Å². The van der Waals surface area contributed by atoms with Crippen molar-refractivity contribution in [2.24, 2.45) is 11.8 Å². The number of nitrogens with one attached hydrogen (secondary N) is 1. The third-order valence-electron chi connectivity index (χ3n) is 4.63. The highest BCUT2D eigenvalue weighted by Crippen LogP contribution is 2.32. The van der Waals surface area contributed by atoms with Gasteiger partial charge in [0.2, 0.25) is 0 Å².